The van der Waals surface area contributed by atoms with Crippen LogP contribution in [0.15, 0.2) is 0 Å². The molecule has 9 nitrogen and oxygen atoms in total. The Labute approximate surface area is 124 Å². The quantitative estimate of drug-likeness (QED) is 0.250. The fourth-order valence-electron chi connectivity index (χ4n) is 1.63. The van der Waals surface area contributed by atoms with Gasteiger partial charge in [-0.3, -0.25) is 19.7 Å². The zero-order valence-corrected chi connectivity index (χ0v) is 12.8. The Morgan fingerprint density at radius 1 is 0.905 bits per heavy atom. The first-order valence-electron chi connectivity index (χ1n) is 6.64. The van der Waals surface area contributed by atoms with E-state index in [1.165, 1.54) is 21.1 Å². The number of likely N-dealkylation sites (N-methyl/N-ethyl adjacent to an activating group) is 2. The first-order chi connectivity index (χ1) is 9.89. The fourth-order valence-corrected chi connectivity index (χ4v) is 1.63. The minimum absolute atomic E-state index is 0.0122. The highest BCUT2D eigenvalue weighted by molar-refractivity contribution is 5.92. The van der Waals surface area contributed by atoms with Gasteiger partial charge in [-0.25, -0.2) is 0 Å². The van der Waals surface area contributed by atoms with Crippen molar-refractivity contribution in [1.29, 1.82) is 0 Å². The highest BCUT2D eigenvalue weighted by Gasteiger charge is 2.27. The lowest BCUT2D eigenvalue weighted by Crippen LogP contribution is -2.54. The summed E-state index contributed by atoms with van der Waals surface area (Å²) < 4.78 is 0. The van der Waals surface area contributed by atoms with Gasteiger partial charge >= 0.3 is 0 Å². The molecule has 9 heteroatoms. The summed E-state index contributed by atoms with van der Waals surface area (Å²) in [5, 5.41) is 22.2. The molecule has 0 aromatic carbocycles. The molecule has 1 unspecified atom stereocenters. The number of amides is 3. The van der Waals surface area contributed by atoms with Crippen molar-refractivity contribution in [1.82, 2.24) is 26.6 Å². The Balaban J connectivity index is 4.76. The highest BCUT2D eigenvalue weighted by Crippen LogP contribution is 1.99. The Kier molecular flexibility index (Phi) is 9.26. The largest absolute Gasteiger partial charge is 0.379 e. The Morgan fingerprint density at radius 3 is 1.95 bits per heavy atom. The molecule has 0 rings (SSSR count). The van der Waals surface area contributed by atoms with Gasteiger partial charge in [0.25, 0.3) is 0 Å². The van der Waals surface area contributed by atoms with Crippen molar-refractivity contribution in [2.24, 2.45) is 0 Å². The molecule has 0 saturated carbocycles. The summed E-state index contributed by atoms with van der Waals surface area (Å²) in [5.41, 5.74) is 0. The molecule has 0 aromatic rings. The van der Waals surface area contributed by atoms with Crippen molar-refractivity contribution in [2.45, 2.75) is 31.2 Å². The minimum atomic E-state index is -0.931. The number of carbonyl (C=O) groups excluding carboxylic acids is 3. The summed E-state index contributed by atoms with van der Waals surface area (Å²) in [6.45, 7) is 0. The molecular formula is C12H25N5O4. The van der Waals surface area contributed by atoms with Crippen molar-refractivity contribution in [3.63, 3.8) is 0 Å². The molecule has 6 N–H and O–H groups in total. The number of rotatable bonds is 9. The molecular weight excluding hydrogens is 278 g/mol. The van der Waals surface area contributed by atoms with E-state index < -0.39 is 30.1 Å². The number of aliphatic hydroxyl groups excluding tert-OH is 1. The summed E-state index contributed by atoms with van der Waals surface area (Å²) in [6, 6.07) is -1.66. The average molecular weight is 303 g/mol. The maximum atomic E-state index is 12.1. The van der Waals surface area contributed by atoms with Crippen molar-refractivity contribution in [2.75, 3.05) is 28.2 Å². The molecule has 122 valence electrons. The van der Waals surface area contributed by atoms with Gasteiger partial charge < -0.3 is 26.4 Å². The fraction of sp³-hybridized carbons (Fsp3) is 0.750. The number of carbonyl (C=O) groups is 3. The molecule has 0 aliphatic carbocycles. The van der Waals surface area contributed by atoms with Gasteiger partial charge in [0, 0.05) is 20.5 Å². The van der Waals surface area contributed by atoms with Crippen LogP contribution in [0.1, 0.15) is 12.8 Å². The molecule has 0 aliphatic rings. The van der Waals surface area contributed by atoms with Crippen LogP contribution in [0, 0.1) is 0 Å². The van der Waals surface area contributed by atoms with Crippen LogP contribution in [-0.2, 0) is 14.4 Å². The topological polar surface area (TPSA) is 132 Å². The molecule has 3 amide bonds. The maximum Gasteiger partial charge on any atom is 0.242 e. The van der Waals surface area contributed by atoms with Crippen LogP contribution in [0.5, 0.6) is 0 Å². The predicted molar refractivity (Wildman–Crippen MR) is 77.2 cm³/mol. The van der Waals surface area contributed by atoms with Crippen LogP contribution >= 0.6 is 0 Å². The van der Waals surface area contributed by atoms with Crippen molar-refractivity contribution < 1.29 is 19.5 Å². The number of hydrogen-bond donors (Lipinski definition) is 6. The molecule has 3 atom stereocenters. The number of nitrogens with one attached hydrogen (secondary N) is 5. The van der Waals surface area contributed by atoms with Crippen molar-refractivity contribution >= 4 is 17.7 Å². The Hall–Kier alpha value is -1.71. The third kappa shape index (κ3) is 7.02. The zero-order valence-electron chi connectivity index (χ0n) is 12.8. The molecule has 0 heterocycles. The minimum Gasteiger partial charge on any atom is -0.379 e. The second-order valence-electron chi connectivity index (χ2n) is 4.43. The standard InChI is InChI=1S/C12H25N5O4/c1-13-7(5-9(18)14-2)12(21)17-8(11(20)16-4)6-10(19)15-3/h7-8,10,13,15,19H,5-6H2,1-4H3,(H,14,18)(H,16,20)(H,17,21)/t7-,8+,10?/m1/s1. The van der Waals surface area contributed by atoms with Gasteiger partial charge in [-0.05, 0) is 14.1 Å². The average Bonchev–Trinajstić information content (AvgIpc) is 2.50. The van der Waals surface area contributed by atoms with Crippen LogP contribution in [0.25, 0.3) is 0 Å². The lowest BCUT2D eigenvalue weighted by Gasteiger charge is -2.23. The van der Waals surface area contributed by atoms with Crippen molar-refractivity contribution in [3.8, 4) is 0 Å². The molecule has 0 aliphatic heterocycles. The van der Waals surface area contributed by atoms with Gasteiger partial charge in [-0.2, -0.15) is 0 Å². The summed E-state index contributed by atoms with van der Waals surface area (Å²) in [6.07, 6.45) is -0.966. The zero-order chi connectivity index (χ0) is 16.4. The first kappa shape index (κ1) is 19.3. The smallest absolute Gasteiger partial charge is 0.242 e. The number of hydrogen-bond acceptors (Lipinski definition) is 6. The lowest BCUT2D eigenvalue weighted by molar-refractivity contribution is -0.132. The van der Waals surface area contributed by atoms with E-state index >= 15 is 0 Å². The van der Waals surface area contributed by atoms with Gasteiger partial charge in [0.1, 0.15) is 12.3 Å². The van der Waals surface area contributed by atoms with Gasteiger partial charge in [0.15, 0.2) is 0 Å². The van der Waals surface area contributed by atoms with Crippen molar-refractivity contribution in [3.05, 3.63) is 0 Å². The highest BCUT2D eigenvalue weighted by atomic mass is 16.3. The number of aliphatic hydroxyl groups is 1. The van der Waals surface area contributed by atoms with Gasteiger partial charge in [0.05, 0.1) is 12.5 Å². The molecule has 0 spiro atoms. The van der Waals surface area contributed by atoms with E-state index in [-0.39, 0.29) is 18.7 Å². The van der Waals surface area contributed by atoms with Crippen LogP contribution in [0.4, 0.5) is 0 Å². The molecule has 0 radical (unpaired) electrons. The second kappa shape index (κ2) is 10.1. The van der Waals surface area contributed by atoms with E-state index in [4.69, 9.17) is 0 Å². The first-order valence-corrected chi connectivity index (χ1v) is 6.64. The van der Waals surface area contributed by atoms with Crippen LogP contribution in [0.3, 0.4) is 0 Å². The molecule has 0 aromatic heterocycles. The maximum absolute atomic E-state index is 12.1. The Morgan fingerprint density at radius 2 is 1.52 bits per heavy atom. The van der Waals surface area contributed by atoms with E-state index in [2.05, 4.69) is 26.6 Å². The molecule has 21 heavy (non-hydrogen) atoms. The van der Waals surface area contributed by atoms with Crippen LogP contribution in [0.2, 0.25) is 0 Å². The normalized spacial score (nSPS) is 14.7. The molecule has 0 saturated heterocycles. The van der Waals surface area contributed by atoms with Gasteiger partial charge in [-0.1, -0.05) is 0 Å². The monoisotopic (exact) mass is 303 g/mol. The van der Waals surface area contributed by atoms with Crippen LogP contribution in [-0.4, -0.2) is 69.3 Å². The third-order valence-electron chi connectivity index (χ3n) is 3.00. The van der Waals surface area contributed by atoms with E-state index in [1.54, 1.807) is 7.05 Å². The van der Waals surface area contributed by atoms with E-state index in [1.807, 2.05) is 0 Å². The summed E-state index contributed by atoms with van der Waals surface area (Å²) >= 11 is 0. The molecule has 0 bridgehead atoms. The van der Waals surface area contributed by atoms with E-state index in [0.29, 0.717) is 0 Å². The van der Waals surface area contributed by atoms with E-state index in [0.717, 1.165) is 0 Å². The summed E-state index contributed by atoms with van der Waals surface area (Å²) in [4.78, 5) is 35.1. The van der Waals surface area contributed by atoms with Gasteiger partial charge in [0.2, 0.25) is 17.7 Å². The van der Waals surface area contributed by atoms with Crippen LogP contribution < -0.4 is 26.6 Å². The summed E-state index contributed by atoms with van der Waals surface area (Å²) in [5.74, 6) is -1.21. The second-order valence-corrected chi connectivity index (χ2v) is 4.43. The van der Waals surface area contributed by atoms with E-state index in [9.17, 15) is 19.5 Å². The summed E-state index contributed by atoms with van der Waals surface area (Å²) in [7, 11) is 6.00. The lowest BCUT2D eigenvalue weighted by atomic mass is 10.1. The molecule has 0 fully saturated rings. The SMILES string of the molecule is CNC(=O)C[C@@H](NC)C(=O)N[C@@H](CC(O)NC)C(=O)NC. The Bertz CT molecular complexity index is 364. The predicted octanol–water partition coefficient (Wildman–Crippen LogP) is -3.13. The van der Waals surface area contributed by atoms with Gasteiger partial charge in [-0.15, -0.1) is 0 Å². The third-order valence-corrected chi connectivity index (χ3v) is 3.00.